The van der Waals surface area contributed by atoms with Crippen molar-refractivity contribution in [3.05, 3.63) is 33.1 Å². The summed E-state index contributed by atoms with van der Waals surface area (Å²) in [6, 6.07) is 1.22. The standard InChI is InChI=1S/C18H20ClF3N4OS/c1-10-5-2-3-7-25(10)17(27)15-14(19)16-23-11(12-6-4-8-28-12)9-13(18(20,21)22)26(16)24-15/h4,6,8,10-11,13,23H,2-3,5,7,9H2,1H3/t10-,11+,13+/m1/s1. The first-order valence-corrected chi connectivity index (χ1v) is 10.5. The van der Waals surface area contributed by atoms with Crippen molar-refractivity contribution in [3.63, 3.8) is 0 Å². The van der Waals surface area contributed by atoms with Crippen LogP contribution in [-0.2, 0) is 0 Å². The minimum absolute atomic E-state index is 0.0151. The number of halogens is 4. The average molecular weight is 433 g/mol. The Bertz CT molecular complexity index is 867. The lowest BCUT2D eigenvalue weighted by atomic mass is 10.0. The van der Waals surface area contributed by atoms with Gasteiger partial charge < -0.3 is 10.2 Å². The summed E-state index contributed by atoms with van der Waals surface area (Å²) in [5.74, 6) is -0.351. The number of nitrogens with one attached hydrogen (secondary N) is 1. The fourth-order valence-electron chi connectivity index (χ4n) is 3.94. The molecule has 0 saturated carbocycles. The van der Waals surface area contributed by atoms with Gasteiger partial charge in [0.15, 0.2) is 11.7 Å². The third-order valence-electron chi connectivity index (χ3n) is 5.45. The number of nitrogens with zero attached hydrogens (tertiary/aromatic N) is 3. The molecule has 4 rings (SSSR count). The van der Waals surface area contributed by atoms with E-state index in [4.69, 9.17) is 11.6 Å². The molecular weight excluding hydrogens is 413 g/mol. The van der Waals surface area contributed by atoms with Gasteiger partial charge in [-0.15, -0.1) is 11.3 Å². The topological polar surface area (TPSA) is 50.2 Å². The lowest BCUT2D eigenvalue weighted by molar-refractivity contribution is -0.173. The normalized spacial score (nSPS) is 25.3. The van der Waals surface area contributed by atoms with Crippen LogP contribution < -0.4 is 5.32 Å². The van der Waals surface area contributed by atoms with Gasteiger partial charge in [0, 0.05) is 23.9 Å². The number of hydrogen-bond acceptors (Lipinski definition) is 4. The number of likely N-dealkylation sites (tertiary alicyclic amines) is 1. The number of aromatic nitrogens is 2. The predicted molar refractivity (Wildman–Crippen MR) is 102 cm³/mol. The van der Waals surface area contributed by atoms with Gasteiger partial charge in [0.25, 0.3) is 5.91 Å². The molecule has 1 saturated heterocycles. The summed E-state index contributed by atoms with van der Waals surface area (Å²) >= 11 is 7.77. The number of anilines is 1. The van der Waals surface area contributed by atoms with Crippen molar-refractivity contribution in [1.82, 2.24) is 14.7 Å². The molecule has 2 aromatic heterocycles. The van der Waals surface area contributed by atoms with E-state index >= 15 is 0 Å². The molecular formula is C18H20ClF3N4OS. The molecule has 0 aliphatic carbocycles. The Morgan fingerprint density at radius 1 is 1.39 bits per heavy atom. The van der Waals surface area contributed by atoms with Gasteiger partial charge in [-0.1, -0.05) is 17.7 Å². The van der Waals surface area contributed by atoms with Crippen LogP contribution >= 0.6 is 22.9 Å². The van der Waals surface area contributed by atoms with E-state index in [1.807, 2.05) is 12.3 Å². The lowest BCUT2D eigenvalue weighted by Crippen LogP contribution is -2.42. The molecule has 0 aromatic carbocycles. The quantitative estimate of drug-likeness (QED) is 0.703. The molecule has 0 unspecified atom stereocenters. The lowest BCUT2D eigenvalue weighted by Gasteiger charge is -2.33. The van der Waals surface area contributed by atoms with E-state index in [-0.39, 0.29) is 29.0 Å². The van der Waals surface area contributed by atoms with Crippen molar-refractivity contribution in [2.75, 3.05) is 11.9 Å². The summed E-state index contributed by atoms with van der Waals surface area (Å²) in [5, 5.41) is 8.88. The highest BCUT2D eigenvalue weighted by molar-refractivity contribution is 7.10. The summed E-state index contributed by atoms with van der Waals surface area (Å²) in [7, 11) is 0. The number of alkyl halides is 3. The Kier molecular flexibility index (Phi) is 5.07. The summed E-state index contributed by atoms with van der Waals surface area (Å²) < 4.78 is 42.2. The fraction of sp³-hybridized carbons (Fsp3) is 0.556. The first-order chi connectivity index (χ1) is 13.3. The summed E-state index contributed by atoms with van der Waals surface area (Å²) in [4.78, 5) is 15.4. The van der Waals surface area contributed by atoms with Crippen molar-refractivity contribution in [2.45, 2.75) is 56.9 Å². The zero-order valence-corrected chi connectivity index (χ0v) is 16.7. The van der Waals surface area contributed by atoms with Gasteiger partial charge >= 0.3 is 6.18 Å². The highest BCUT2D eigenvalue weighted by atomic mass is 35.5. The van der Waals surface area contributed by atoms with E-state index in [2.05, 4.69) is 10.4 Å². The maximum atomic E-state index is 13.8. The van der Waals surface area contributed by atoms with Gasteiger partial charge in [-0.3, -0.25) is 4.79 Å². The minimum atomic E-state index is -4.50. The van der Waals surface area contributed by atoms with Crippen molar-refractivity contribution in [2.24, 2.45) is 0 Å². The minimum Gasteiger partial charge on any atom is -0.361 e. The molecule has 2 aromatic rings. The van der Waals surface area contributed by atoms with Crippen LogP contribution in [0.2, 0.25) is 5.02 Å². The molecule has 10 heteroatoms. The van der Waals surface area contributed by atoms with E-state index < -0.39 is 24.2 Å². The van der Waals surface area contributed by atoms with Crippen molar-refractivity contribution >= 4 is 34.7 Å². The van der Waals surface area contributed by atoms with Crippen molar-refractivity contribution in [3.8, 4) is 0 Å². The first kappa shape index (κ1) is 19.6. The predicted octanol–water partition coefficient (Wildman–Crippen LogP) is 5.27. The first-order valence-electron chi connectivity index (χ1n) is 9.23. The van der Waals surface area contributed by atoms with E-state index in [0.717, 1.165) is 28.8 Å². The van der Waals surface area contributed by atoms with Gasteiger partial charge in [-0.25, -0.2) is 4.68 Å². The maximum Gasteiger partial charge on any atom is 0.410 e. The Hall–Kier alpha value is -1.74. The Labute approximate surface area is 169 Å². The summed E-state index contributed by atoms with van der Waals surface area (Å²) in [5.41, 5.74) is -0.112. The van der Waals surface area contributed by atoms with Crippen LogP contribution in [0.15, 0.2) is 17.5 Å². The largest absolute Gasteiger partial charge is 0.410 e. The molecule has 28 heavy (non-hydrogen) atoms. The molecule has 1 fully saturated rings. The van der Waals surface area contributed by atoms with Crippen LogP contribution in [-0.4, -0.2) is 39.4 Å². The van der Waals surface area contributed by atoms with Gasteiger partial charge in [-0.05, 0) is 37.6 Å². The maximum absolute atomic E-state index is 13.8. The van der Waals surface area contributed by atoms with Gasteiger partial charge in [0.05, 0.1) is 6.04 Å². The number of piperidine rings is 1. The highest BCUT2D eigenvalue weighted by Gasteiger charge is 2.48. The van der Waals surface area contributed by atoms with Crippen LogP contribution in [0.1, 0.15) is 60.1 Å². The van der Waals surface area contributed by atoms with E-state index in [1.165, 1.54) is 11.3 Å². The number of carbonyl (C=O) groups is 1. The monoisotopic (exact) mass is 432 g/mol. The SMILES string of the molecule is C[C@@H]1CCCCN1C(=O)c1nn2c(c1Cl)N[C@H](c1cccs1)C[C@H]2C(F)(F)F. The molecule has 0 bridgehead atoms. The zero-order chi connectivity index (χ0) is 20.1. The third-order valence-corrected chi connectivity index (χ3v) is 6.79. The number of rotatable bonds is 2. The van der Waals surface area contributed by atoms with E-state index in [9.17, 15) is 18.0 Å². The van der Waals surface area contributed by atoms with Crippen LogP contribution in [0, 0.1) is 0 Å². The Morgan fingerprint density at radius 3 is 2.82 bits per heavy atom. The van der Waals surface area contributed by atoms with Gasteiger partial charge in [0.2, 0.25) is 0 Å². The molecule has 2 aliphatic rings. The van der Waals surface area contributed by atoms with Crippen molar-refractivity contribution < 1.29 is 18.0 Å². The smallest absolute Gasteiger partial charge is 0.361 e. The van der Waals surface area contributed by atoms with Crippen LogP contribution in [0.5, 0.6) is 0 Å². The number of hydrogen-bond donors (Lipinski definition) is 1. The molecule has 3 atom stereocenters. The Morgan fingerprint density at radius 2 is 2.18 bits per heavy atom. The molecule has 4 heterocycles. The number of fused-ring (bicyclic) bond motifs is 1. The van der Waals surface area contributed by atoms with E-state index in [1.54, 1.807) is 17.0 Å². The van der Waals surface area contributed by atoms with Crippen LogP contribution in [0.4, 0.5) is 19.0 Å². The number of carbonyl (C=O) groups excluding carboxylic acids is 1. The molecule has 1 N–H and O–H groups in total. The second-order valence-corrected chi connectivity index (χ2v) is 8.66. The van der Waals surface area contributed by atoms with Gasteiger partial charge in [0.1, 0.15) is 10.8 Å². The fourth-order valence-corrected chi connectivity index (χ4v) is 4.99. The second-order valence-electron chi connectivity index (χ2n) is 7.30. The second kappa shape index (κ2) is 7.26. The van der Waals surface area contributed by atoms with Gasteiger partial charge in [-0.2, -0.15) is 18.3 Å². The summed E-state index contributed by atoms with van der Waals surface area (Å²) in [6.45, 7) is 2.50. The van der Waals surface area contributed by atoms with Crippen molar-refractivity contribution in [1.29, 1.82) is 0 Å². The molecule has 0 spiro atoms. The number of thiophene rings is 1. The molecule has 2 aliphatic heterocycles. The summed E-state index contributed by atoms with van der Waals surface area (Å²) in [6.07, 6.45) is -1.95. The van der Waals surface area contributed by atoms with Crippen LogP contribution in [0.25, 0.3) is 0 Å². The number of amides is 1. The third kappa shape index (κ3) is 3.39. The molecule has 5 nitrogen and oxygen atoms in total. The van der Waals surface area contributed by atoms with E-state index in [0.29, 0.717) is 6.54 Å². The molecule has 1 amide bonds. The molecule has 0 radical (unpaired) electrons. The highest BCUT2D eigenvalue weighted by Crippen LogP contribution is 2.47. The zero-order valence-electron chi connectivity index (χ0n) is 15.2. The average Bonchev–Trinajstić information content (AvgIpc) is 3.29. The molecule has 152 valence electrons. The van der Waals surface area contributed by atoms with Crippen LogP contribution in [0.3, 0.4) is 0 Å². The Balaban J connectivity index is 1.73.